The largest absolute Gasteiger partial charge is 0.480 e. The maximum atomic E-state index is 13.6. The van der Waals surface area contributed by atoms with Crippen LogP contribution in [0.1, 0.15) is 42.6 Å². The molecule has 4 rings (SSSR count). The van der Waals surface area contributed by atoms with Gasteiger partial charge in [-0.05, 0) is 47.2 Å². The number of carbonyl (C=O) groups excluding carboxylic acids is 2. The fraction of sp³-hybridized carbons (Fsp3) is 0.387. The number of hydrogen-bond acceptors (Lipinski definition) is 6. The smallest absolute Gasteiger partial charge is 0.323 e. The molecule has 0 aliphatic carbocycles. The number of amides is 1. The molecule has 7 nitrogen and oxygen atoms in total. The van der Waals surface area contributed by atoms with Crippen LogP contribution in [0.2, 0.25) is 0 Å². The van der Waals surface area contributed by atoms with Crippen molar-refractivity contribution < 1.29 is 24.2 Å². The molecule has 3 aromatic carbocycles. The van der Waals surface area contributed by atoms with Crippen LogP contribution < -0.4 is 5.32 Å². The highest BCUT2D eigenvalue weighted by atomic mass is 32.2. The number of nitrogens with one attached hydrogen (secondary N) is 1. The molecule has 1 aliphatic rings. The number of carboxylic acids is 1. The van der Waals surface area contributed by atoms with Gasteiger partial charge in [-0.15, -0.1) is 11.8 Å². The number of carboxylic acid groups (broad SMARTS) is 1. The normalized spacial score (nSPS) is 18.5. The molecule has 0 aromatic heterocycles. The van der Waals surface area contributed by atoms with Gasteiger partial charge in [0, 0.05) is 17.5 Å². The summed E-state index contributed by atoms with van der Waals surface area (Å²) in [5.41, 5.74) is 2.14. The molecule has 206 valence electrons. The number of unbranched alkanes of at least 4 members (excludes halogenated alkanes) is 1. The molecular formula is C31H36N2O5S. The van der Waals surface area contributed by atoms with Gasteiger partial charge in [0.2, 0.25) is 5.91 Å². The van der Waals surface area contributed by atoms with Gasteiger partial charge in [-0.3, -0.25) is 19.7 Å². The van der Waals surface area contributed by atoms with E-state index in [2.05, 4.69) is 23.5 Å². The number of ether oxygens (including phenoxy) is 1. The lowest BCUT2D eigenvalue weighted by Gasteiger charge is -2.27. The van der Waals surface area contributed by atoms with Gasteiger partial charge >= 0.3 is 11.9 Å². The molecule has 1 fully saturated rings. The minimum Gasteiger partial charge on any atom is -0.480 e. The molecule has 8 heteroatoms. The third kappa shape index (κ3) is 8.07. The Bertz CT molecular complexity index is 1270. The van der Waals surface area contributed by atoms with E-state index in [-0.39, 0.29) is 23.7 Å². The van der Waals surface area contributed by atoms with E-state index in [1.807, 2.05) is 61.5 Å². The average Bonchev–Trinajstić information content (AvgIpc) is 3.09. The quantitative estimate of drug-likeness (QED) is 0.247. The number of fused-ring (bicyclic) bond motifs is 1. The Labute approximate surface area is 233 Å². The summed E-state index contributed by atoms with van der Waals surface area (Å²) >= 11 is 1.61. The van der Waals surface area contributed by atoms with Gasteiger partial charge in [-0.2, -0.15) is 0 Å². The summed E-state index contributed by atoms with van der Waals surface area (Å²) in [6.07, 6.45) is 2.80. The molecule has 1 heterocycles. The summed E-state index contributed by atoms with van der Waals surface area (Å²) in [6.45, 7) is 2.25. The summed E-state index contributed by atoms with van der Waals surface area (Å²) in [5, 5.41) is 15.0. The van der Waals surface area contributed by atoms with Crippen LogP contribution in [-0.4, -0.2) is 65.4 Å². The van der Waals surface area contributed by atoms with Gasteiger partial charge in [0.25, 0.3) is 0 Å². The van der Waals surface area contributed by atoms with E-state index >= 15 is 0 Å². The molecule has 3 unspecified atom stereocenters. The van der Waals surface area contributed by atoms with Gasteiger partial charge < -0.3 is 14.7 Å². The van der Waals surface area contributed by atoms with Crippen molar-refractivity contribution in [2.45, 2.75) is 49.9 Å². The first kappa shape index (κ1) is 28.6. The highest BCUT2D eigenvalue weighted by Gasteiger charge is 2.36. The number of esters is 1. The van der Waals surface area contributed by atoms with E-state index in [4.69, 9.17) is 4.74 Å². The summed E-state index contributed by atoms with van der Waals surface area (Å²) in [4.78, 5) is 39.8. The van der Waals surface area contributed by atoms with E-state index in [1.54, 1.807) is 11.8 Å². The lowest BCUT2D eigenvalue weighted by atomic mass is 10.0. The SMILES string of the molecule is CCCCOC(=O)C(CCc1ccccc1)NC1CSC(c2ccc3ccccc3c2)CN(CC(=O)O)C1=O. The van der Waals surface area contributed by atoms with Crippen molar-refractivity contribution in [3.05, 3.63) is 83.9 Å². The van der Waals surface area contributed by atoms with Crippen molar-refractivity contribution in [1.82, 2.24) is 10.2 Å². The first-order chi connectivity index (χ1) is 18.9. The minimum absolute atomic E-state index is 0.0935. The van der Waals surface area contributed by atoms with Crippen molar-refractivity contribution in [3.8, 4) is 0 Å². The first-order valence-electron chi connectivity index (χ1n) is 13.5. The summed E-state index contributed by atoms with van der Waals surface area (Å²) in [5.74, 6) is -1.33. The van der Waals surface area contributed by atoms with Crippen LogP contribution in [0.25, 0.3) is 10.8 Å². The van der Waals surface area contributed by atoms with Crippen LogP contribution in [0, 0.1) is 0 Å². The van der Waals surface area contributed by atoms with Gasteiger partial charge in [-0.25, -0.2) is 0 Å². The number of carbonyl (C=O) groups is 3. The molecule has 2 N–H and O–H groups in total. The van der Waals surface area contributed by atoms with Gasteiger partial charge in [-0.1, -0.05) is 80.1 Å². The van der Waals surface area contributed by atoms with Crippen molar-refractivity contribution >= 4 is 40.4 Å². The van der Waals surface area contributed by atoms with Crippen LogP contribution >= 0.6 is 11.8 Å². The number of benzene rings is 3. The van der Waals surface area contributed by atoms with Crippen LogP contribution in [0.4, 0.5) is 0 Å². The van der Waals surface area contributed by atoms with Crippen LogP contribution in [-0.2, 0) is 25.5 Å². The third-order valence-corrected chi connectivity index (χ3v) is 8.27. The maximum absolute atomic E-state index is 13.6. The van der Waals surface area contributed by atoms with Gasteiger partial charge in [0.1, 0.15) is 12.6 Å². The maximum Gasteiger partial charge on any atom is 0.323 e. The lowest BCUT2D eigenvalue weighted by Crippen LogP contribution is -2.53. The molecular weight excluding hydrogens is 512 g/mol. The van der Waals surface area contributed by atoms with E-state index in [0.29, 0.717) is 25.2 Å². The molecule has 1 saturated heterocycles. The summed E-state index contributed by atoms with van der Waals surface area (Å²) in [6, 6.07) is 22.8. The second-order valence-electron chi connectivity index (χ2n) is 9.86. The number of rotatable bonds is 12. The number of hydrogen-bond donors (Lipinski definition) is 2. The van der Waals surface area contributed by atoms with Crippen molar-refractivity contribution in [2.24, 2.45) is 0 Å². The molecule has 39 heavy (non-hydrogen) atoms. The number of thioether (sulfide) groups is 1. The second kappa shape index (κ2) is 14.1. The molecule has 3 aromatic rings. The topological polar surface area (TPSA) is 95.9 Å². The Hall–Kier alpha value is -3.36. The molecule has 0 bridgehead atoms. The Morgan fingerprint density at radius 1 is 1.08 bits per heavy atom. The fourth-order valence-corrected chi connectivity index (χ4v) is 6.06. The molecule has 3 atom stereocenters. The van der Waals surface area contributed by atoms with E-state index in [0.717, 1.165) is 34.7 Å². The molecule has 0 saturated carbocycles. The summed E-state index contributed by atoms with van der Waals surface area (Å²) < 4.78 is 5.54. The van der Waals surface area contributed by atoms with Crippen LogP contribution in [0.5, 0.6) is 0 Å². The predicted molar refractivity (Wildman–Crippen MR) is 155 cm³/mol. The van der Waals surface area contributed by atoms with Gasteiger partial charge in [0.15, 0.2) is 0 Å². The summed E-state index contributed by atoms with van der Waals surface area (Å²) in [7, 11) is 0. The number of nitrogens with zero attached hydrogens (tertiary/aromatic N) is 1. The average molecular weight is 549 g/mol. The van der Waals surface area contributed by atoms with E-state index in [9.17, 15) is 19.5 Å². The van der Waals surface area contributed by atoms with Crippen molar-refractivity contribution in [1.29, 1.82) is 0 Å². The Kier molecular flexibility index (Phi) is 10.4. The first-order valence-corrected chi connectivity index (χ1v) is 14.6. The second-order valence-corrected chi connectivity index (χ2v) is 11.1. The van der Waals surface area contributed by atoms with Crippen molar-refractivity contribution in [3.63, 3.8) is 0 Å². The predicted octanol–water partition coefficient (Wildman–Crippen LogP) is 4.84. The van der Waals surface area contributed by atoms with Gasteiger partial charge in [0.05, 0.1) is 12.6 Å². The monoisotopic (exact) mass is 548 g/mol. The zero-order chi connectivity index (χ0) is 27.6. The lowest BCUT2D eigenvalue weighted by molar-refractivity contribution is -0.148. The molecule has 1 aliphatic heterocycles. The Morgan fingerprint density at radius 3 is 2.56 bits per heavy atom. The Morgan fingerprint density at radius 2 is 1.82 bits per heavy atom. The standard InChI is InChI=1S/C31H36N2O5S/c1-2-3-17-38-31(37)26(16-13-22-9-5-4-6-10-22)32-27-21-39-28(19-33(30(27)36)20-29(34)35)25-15-14-23-11-7-8-12-24(23)18-25/h4-12,14-15,18,26-28,32H,2-3,13,16-17,19-21H2,1H3,(H,34,35). The zero-order valence-electron chi connectivity index (χ0n) is 22.3. The van der Waals surface area contributed by atoms with E-state index in [1.165, 1.54) is 4.90 Å². The Balaban J connectivity index is 1.53. The minimum atomic E-state index is -1.06. The number of aryl methyl sites for hydroxylation is 1. The highest BCUT2D eigenvalue weighted by molar-refractivity contribution is 7.99. The highest BCUT2D eigenvalue weighted by Crippen LogP contribution is 2.35. The molecule has 0 radical (unpaired) electrons. The molecule has 1 amide bonds. The van der Waals surface area contributed by atoms with E-state index < -0.39 is 24.6 Å². The van der Waals surface area contributed by atoms with Crippen molar-refractivity contribution in [2.75, 3.05) is 25.4 Å². The third-order valence-electron chi connectivity index (χ3n) is 6.93. The van der Waals surface area contributed by atoms with Crippen LogP contribution in [0.15, 0.2) is 72.8 Å². The van der Waals surface area contributed by atoms with Crippen LogP contribution in [0.3, 0.4) is 0 Å². The fourth-order valence-electron chi connectivity index (χ4n) is 4.77. The zero-order valence-corrected chi connectivity index (χ0v) is 23.1. The number of aliphatic carboxylic acids is 1. The molecule has 0 spiro atoms.